The first kappa shape index (κ1) is 15.0. The average molecular weight is 246 g/mol. The van der Waals surface area contributed by atoms with E-state index in [9.17, 15) is 5.11 Å². The fourth-order valence-electron chi connectivity index (χ4n) is 2.59. The van der Waals surface area contributed by atoms with E-state index in [4.69, 9.17) is 0 Å². The molecule has 100 valence electrons. The highest BCUT2D eigenvalue weighted by Gasteiger charge is 2.27. The minimum Gasteiger partial charge on any atom is -0.392 e. The van der Waals surface area contributed by atoms with Crippen molar-refractivity contribution in [2.24, 2.45) is 11.3 Å². The normalized spacial score (nSPS) is 16.9. The summed E-state index contributed by atoms with van der Waals surface area (Å²) in [4.78, 5) is 0. The van der Waals surface area contributed by atoms with E-state index in [-0.39, 0.29) is 23.4 Å². The van der Waals surface area contributed by atoms with Crippen molar-refractivity contribution in [2.75, 3.05) is 0 Å². The van der Waals surface area contributed by atoms with Crippen LogP contribution in [0.25, 0.3) is 0 Å². The maximum absolute atomic E-state index is 10.5. The van der Waals surface area contributed by atoms with Crippen LogP contribution in [0.2, 0.25) is 0 Å². The molecular weight excluding hydrogens is 220 g/mol. The van der Waals surface area contributed by atoms with Crippen molar-refractivity contribution in [1.82, 2.24) is 0 Å². The Balaban J connectivity index is 2.80. The molecular formula is C17H26O. The van der Waals surface area contributed by atoms with E-state index < -0.39 is 0 Å². The predicted octanol–water partition coefficient (Wildman–Crippen LogP) is 4.39. The molecule has 0 aliphatic rings. The fourth-order valence-corrected chi connectivity index (χ4v) is 2.59. The van der Waals surface area contributed by atoms with Crippen molar-refractivity contribution >= 4 is 0 Å². The molecule has 0 saturated carbocycles. The number of rotatable bonds is 5. The average Bonchev–Trinajstić information content (AvgIpc) is 2.29. The molecule has 1 nitrogen and oxygen atoms in total. The lowest BCUT2D eigenvalue weighted by atomic mass is 9.78. The summed E-state index contributed by atoms with van der Waals surface area (Å²) in [7, 11) is 0. The van der Waals surface area contributed by atoms with Crippen LogP contribution < -0.4 is 0 Å². The topological polar surface area (TPSA) is 20.2 Å². The maximum Gasteiger partial charge on any atom is 0.0668 e. The quantitative estimate of drug-likeness (QED) is 0.764. The van der Waals surface area contributed by atoms with E-state index in [1.54, 1.807) is 0 Å². The van der Waals surface area contributed by atoms with Crippen LogP contribution in [0.5, 0.6) is 0 Å². The van der Waals surface area contributed by atoms with Crippen LogP contribution >= 0.6 is 0 Å². The monoisotopic (exact) mass is 246 g/mol. The standard InChI is InChI=1S/C17H26O/c1-6-15(14-10-8-7-9-11-14)16(18)13(2)12-17(3,4)5/h6-11,13,15-16,18H,1,12H2,2-5H3/t13-,15+,16+/m0/s1. The Morgan fingerprint density at radius 3 is 2.22 bits per heavy atom. The van der Waals surface area contributed by atoms with Crippen LogP contribution in [0.15, 0.2) is 43.0 Å². The van der Waals surface area contributed by atoms with Gasteiger partial charge in [-0.05, 0) is 23.3 Å². The van der Waals surface area contributed by atoms with E-state index >= 15 is 0 Å². The van der Waals surface area contributed by atoms with Crippen LogP contribution in [-0.4, -0.2) is 11.2 Å². The highest BCUT2D eigenvalue weighted by molar-refractivity contribution is 5.24. The third kappa shape index (κ3) is 4.30. The van der Waals surface area contributed by atoms with Crippen molar-refractivity contribution in [2.45, 2.75) is 46.1 Å². The Labute approximate surface area is 112 Å². The van der Waals surface area contributed by atoms with Gasteiger partial charge in [-0.1, -0.05) is 64.1 Å². The minimum atomic E-state index is -0.371. The second-order valence-electron chi connectivity index (χ2n) is 6.40. The molecule has 0 fully saturated rings. The summed E-state index contributed by atoms with van der Waals surface area (Å²) in [5, 5.41) is 10.5. The van der Waals surface area contributed by atoms with E-state index in [0.717, 1.165) is 12.0 Å². The van der Waals surface area contributed by atoms with Crippen molar-refractivity contribution in [3.63, 3.8) is 0 Å². The molecule has 0 bridgehead atoms. The predicted molar refractivity (Wildman–Crippen MR) is 78.6 cm³/mol. The van der Waals surface area contributed by atoms with Crippen LogP contribution in [-0.2, 0) is 0 Å². The Morgan fingerprint density at radius 2 is 1.78 bits per heavy atom. The number of benzene rings is 1. The second-order valence-corrected chi connectivity index (χ2v) is 6.40. The zero-order chi connectivity index (χ0) is 13.8. The summed E-state index contributed by atoms with van der Waals surface area (Å²) in [6, 6.07) is 10.1. The molecule has 1 aromatic carbocycles. The lowest BCUT2D eigenvalue weighted by Gasteiger charge is -2.30. The molecule has 0 spiro atoms. The molecule has 0 amide bonds. The SMILES string of the molecule is C=C[C@H](c1ccccc1)[C@H](O)[C@@H](C)CC(C)(C)C. The van der Waals surface area contributed by atoms with Gasteiger partial charge >= 0.3 is 0 Å². The third-order valence-corrected chi connectivity index (χ3v) is 3.32. The second kappa shape index (κ2) is 6.19. The molecule has 0 aliphatic heterocycles. The van der Waals surface area contributed by atoms with Gasteiger partial charge in [0.2, 0.25) is 0 Å². The number of hydrogen-bond acceptors (Lipinski definition) is 1. The zero-order valence-corrected chi connectivity index (χ0v) is 12.1. The molecule has 1 rings (SSSR count). The van der Waals surface area contributed by atoms with Gasteiger partial charge in [0, 0.05) is 5.92 Å². The molecule has 1 N–H and O–H groups in total. The van der Waals surface area contributed by atoms with Gasteiger partial charge in [-0.2, -0.15) is 0 Å². The number of hydrogen-bond donors (Lipinski definition) is 1. The van der Waals surface area contributed by atoms with Crippen LogP contribution in [0, 0.1) is 11.3 Å². The molecule has 0 heterocycles. The zero-order valence-electron chi connectivity index (χ0n) is 12.1. The summed E-state index contributed by atoms with van der Waals surface area (Å²) in [6.45, 7) is 12.6. The van der Waals surface area contributed by atoms with Gasteiger partial charge in [-0.15, -0.1) is 6.58 Å². The van der Waals surface area contributed by atoms with E-state index in [2.05, 4.69) is 46.4 Å². The maximum atomic E-state index is 10.5. The summed E-state index contributed by atoms with van der Waals surface area (Å²) < 4.78 is 0. The molecule has 0 unspecified atom stereocenters. The molecule has 0 saturated heterocycles. The van der Waals surface area contributed by atoms with Gasteiger partial charge in [-0.25, -0.2) is 0 Å². The van der Waals surface area contributed by atoms with Gasteiger partial charge in [0.1, 0.15) is 0 Å². The molecule has 1 aromatic rings. The van der Waals surface area contributed by atoms with Crippen LogP contribution in [0.3, 0.4) is 0 Å². The van der Waals surface area contributed by atoms with Gasteiger partial charge in [0.15, 0.2) is 0 Å². The molecule has 18 heavy (non-hydrogen) atoms. The smallest absolute Gasteiger partial charge is 0.0668 e. The van der Waals surface area contributed by atoms with Crippen molar-refractivity contribution in [3.8, 4) is 0 Å². The molecule has 1 heteroatoms. The number of aliphatic hydroxyl groups excluding tert-OH is 1. The van der Waals surface area contributed by atoms with Gasteiger partial charge < -0.3 is 5.11 Å². The summed E-state index contributed by atoms with van der Waals surface area (Å²) >= 11 is 0. The molecule has 0 aliphatic carbocycles. The van der Waals surface area contributed by atoms with Crippen LogP contribution in [0.4, 0.5) is 0 Å². The Kier molecular flexibility index (Phi) is 5.15. The van der Waals surface area contributed by atoms with Gasteiger partial charge in [0.05, 0.1) is 6.10 Å². The fraction of sp³-hybridized carbons (Fsp3) is 0.529. The molecule has 3 atom stereocenters. The van der Waals surface area contributed by atoms with E-state index in [0.29, 0.717) is 0 Å². The highest BCUT2D eigenvalue weighted by Crippen LogP contribution is 2.32. The van der Waals surface area contributed by atoms with Crippen molar-refractivity contribution < 1.29 is 5.11 Å². The lowest BCUT2D eigenvalue weighted by molar-refractivity contribution is 0.0790. The highest BCUT2D eigenvalue weighted by atomic mass is 16.3. The van der Waals surface area contributed by atoms with Gasteiger partial charge in [0.25, 0.3) is 0 Å². The Hall–Kier alpha value is -1.08. The first-order valence-electron chi connectivity index (χ1n) is 6.70. The first-order valence-corrected chi connectivity index (χ1v) is 6.70. The third-order valence-electron chi connectivity index (χ3n) is 3.32. The summed E-state index contributed by atoms with van der Waals surface area (Å²) in [5.41, 5.74) is 1.38. The van der Waals surface area contributed by atoms with Crippen LogP contribution in [0.1, 0.15) is 45.6 Å². The van der Waals surface area contributed by atoms with E-state index in [1.807, 2.05) is 24.3 Å². The van der Waals surface area contributed by atoms with Gasteiger partial charge in [-0.3, -0.25) is 0 Å². The summed E-state index contributed by atoms with van der Waals surface area (Å²) in [6.07, 6.45) is 2.49. The van der Waals surface area contributed by atoms with Crippen molar-refractivity contribution in [3.05, 3.63) is 48.6 Å². The first-order chi connectivity index (χ1) is 8.35. The number of aliphatic hydroxyl groups is 1. The van der Waals surface area contributed by atoms with E-state index in [1.165, 1.54) is 0 Å². The Bertz CT molecular complexity index is 361. The molecule has 0 aromatic heterocycles. The minimum absolute atomic E-state index is 0.0172. The largest absolute Gasteiger partial charge is 0.392 e. The summed E-state index contributed by atoms with van der Waals surface area (Å²) in [5.74, 6) is 0.275. The lowest BCUT2D eigenvalue weighted by Crippen LogP contribution is -2.28. The van der Waals surface area contributed by atoms with Crippen molar-refractivity contribution in [1.29, 1.82) is 0 Å². The molecule has 0 radical (unpaired) electrons. The Morgan fingerprint density at radius 1 is 1.22 bits per heavy atom.